The van der Waals surface area contributed by atoms with Gasteiger partial charge in [-0.25, -0.2) is 0 Å². The van der Waals surface area contributed by atoms with E-state index in [4.69, 9.17) is 0 Å². The molecule has 0 aromatic heterocycles. The molecule has 0 N–H and O–H groups in total. The van der Waals surface area contributed by atoms with Crippen LogP contribution in [0.1, 0.15) is 20.8 Å². The molecule has 0 aromatic carbocycles. The molecule has 0 saturated heterocycles. The SMILES string of the molecule is COC(=O)C(SC(C)=O)C(C)C. The van der Waals surface area contributed by atoms with Gasteiger partial charge in [0.15, 0.2) is 5.12 Å². The first-order chi connectivity index (χ1) is 5.49. The Morgan fingerprint density at radius 1 is 1.33 bits per heavy atom. The van der Waals surface area contributed by atoms with Crippen LogP contribution >= 0.6 is 11.8 Å². The van der Waals surface area contributed by atoms with E-state index in [1.54, 1.807) is 0 Å². The van der Waals surface area contributed by atoms with Crippen LogP contribution in [0.25, 0.3) is 0 Å². The van der Waals surface area contributed by atoms with Gasteiger partial charge in [-0.2, -0.15) is 0 Å². The Morgan fingerprint density at radius 3 is 2.08 bits per heavy atom. The maximum atomic E-state index is 11.1. The minimum absolute atomic E-state index is 0.0564. The minimum atomic E-state index is -0.368. The first-order valence-electron chi connectivity index (χ1n) is 3.74. The van der Waals surface area contributed by atoms with Gasteiger partial charge in [0.05, 0.1) is 7.11 Å². The first-order valence-corrected chi connectivity index (χ1v) is 4.62. The minimum Gasteiger partial charge on any atom is -0.468 e. The summed E-state index contributed by atoms with van der Waals surface area (Å²) in [6.07, 6.45) is 0. The Bertz CT molecular complexity index is 177. The molecule has 1 unspecified atom stereocenters. The van der Waals surface area contributed by atoms with Gasteiger partial charge in [-0.15, -0.1) is 0 Å². The molecule has 4 heteroatoms. The van der Waals surface area contributed by atoms with Crippen molar-refractivity contribution in [2.45, 2.75) is 26.0 Å². The van der Waals surface area contributed by atoms with Crippen LogP contribution in [0.5, 0.6) is 0 Å². The molecule has 0 bridgehead atoms. The molecule has 0 saturated carbocycles. The lowest BCUT2D eigenvalue weighted by molar-refractivity contribution is -0.140. The van der Waals surface area contributed by atoms with Gasteiger partial charge in [-0.05, 0) is 5.92 Å². The van der Waals surface area contributed by atoms with E-state index >= 15 is 0 Å². The lowest BCUT2D eigenvalue weighted by Gasteiger charge is -2.15. The fourth-order valence-electron chi connectivity index (χ4n) is 0.751. The molecule has 0 aromatic rings. The highest BCUT2D eigenvalue weighted by molar-refractivity contribution is 8.14. The molecule has 0 spiro atoms. The summed E-state index contributed by atoms with van der Waals surface area (Å²) in [7, 11) is 1.33. The van der Waals surface area contributed by atoms with Gasteiger partial charge < -0.3 is 4.74 Å². The molecule has 0 aliphatic carbocycles. The second-order valence-corrected chi connectivity index (χ2v) is 4.12. The molecule has 3 nitrogen and oxygen atoms in total. The van der Waals surface area contributed by atoms with E-state index in [1.807, 2.05) is 13.8 Å². The third kappa shape index (κ3) is 3.76. The topological polar surface area (TPSA) is 43.4 Å². The summed E-state index contributed by atoms with van der Waals surface area (Å²) < 4.78 is 4.56. The van der Waals surface area contributed by atoms with E-state index in [2.05, 4.69) is 4.74 Å². The van der Waals surface area contributed by atoms with Crippen LogP contribution in [0, 0.1) is 5.92 Å². The molecule has 0 fully saturated rings. The maximum Gasteiger partial charge on any atom is 0.319 e. The standard InChI is InChI=1S/C8H14O3S/c1-5(2)7(8(10)11-4)12-6(3)9/h5,7H,1-4H3. The number of ether oxygens (including phenoxy) is 1. The Balaban J connectivity index is 4.23. The van der Waals surface area contributed by atoms with Crippen molar-refractivity contribution in [1.29, 1.82) is 0 Å². The van der Waals surface area contributed by atoms with Crippen LogP contribution in [0.2, 0.25) is 0 Å². The number of hydrogen-bond donors (Lipinski definition) is 0. The van der Waals surface area contributed by atoms with Crippen molar-refractivity contribution in [3.8, 4) is 0 Å². The van der Waals surface area contributed by atoms with Crippen LogP contribution in [-0.4, -0.2) is 23.4 Å². The zero-order valence-corrected chi connectivity index (χ0v) is 8.60. The van der Waals surface area contributed by atoms with E-state index < -0.39 is 0 Å². The van der Waals surface area contributed by atoms with E-state index in [1.165, 1.54) is 14.0 Å². The van der Waals surface area contributed by atoms with Gasteiger partial charge >= 0.3 is 5.97 Å². The maximum absolute atomic E-state index is 11.1. The number of carbonyl (C=O) groups is 2. The summed E-state index contributed by atoms with van der Waals surface area (Å²) in [4.78, 5) is 21.8. The Morgan fingerprint density at radius 2 is 1.83 bits per heavy atom. The fourth-order valence-corrected chi connectivity index (χ4v) is 1.57. The van der Waals surface area contributed by atoms with Gasteiger partial charge in [0, 0.05) is 6.92 Å². The summed E-state index contributed by atoms with van der Waals surface area (Å²) in [5.74, 6) is -0.212. The molecule has 0 aliphatic heterocycles. The average molecular weight is 190 g/mol. The summed E-state index contributed by atoms with van der Waals surface area (Å²) in [5.41, 5.74) is 0. The Hall–Kier alpha value is -0.510. The molecule has 70 valence electrons. The quantitative estimate of drug-likeness (QED) is 0.632. The molecule has 0 amide bonds. The molecule has 0 radical (unpaired) electrons. The summed E-state index contributed by atoms with van der Waals surface area (Å²) in [5, 5.41) is -0.424. The summed E-state index contributed by atoms with van der Waals surface area (Å²) >= 11 is 1.03. The Kier molecular flexibility index (Phi) is 4.97. The molecule has 12 heavy (non-hydrogen) atoms. The largest absolute Gasteiger partial charge is 0.468 e. The first kappa shape index (κ1) is 11.5. The average Bonchev–Trinajstić information content (AvgIpc) is 1.98. The lowest BCUT2D eigenvalue weighted by Crippen LogP contribution is -2.25. The summed E-state index contributed by atoms with van der Waals surface area (Å²) in [6, 6.07) is 0. The number of thioether (sulfide) groups is 1. The van der Waals surface area contributed by atoms with Crippen molar-refractivity contribution < 1.29 is 14.3 Å². The number of esters is 1. The number of rotatable bonds is 3. The van der Waals surface area contributed by atoms with Crippen LogP contribution in [0.4, 0.5) is 0 Å². The Labute approximate surface area is 76.9 Å². The van der Waals surface area contributed by atoms with Gasteiger partial charge in [0.2, 0.25) is 0 Å². The zero-order valence-electron chi connectivity index (χ0n) is 7.79. The second-order valence-electron chi connectivity index (χ2n) is 2.80. The van der Waals surface area contributed by atoms with Crippen LogP contribution in [0.3, 0.4) is 0 Å². The predicted molar refractivity (Wildman–Crippen MR) is 48.9 cm³/mol. The molecule has 0 heterocycles. The van der Waals surface area contributed by atoms with Gasteiger partial charge in [-0.1, -0.05) is 25.6 Å². The van der Waals surface area contributed by atoms with Gasteiger partial charge in [0.1, 0.15) is 5.25 Å². The summed E-state index contributed by atoms with van der Waals surface area (Å²) in [6.45, 7) is 5.22. The van der Waals surface area contributed by atoms with Crippen LogP contribution < -0.4 is 0 Å². The molecular formula is C8H14O3S. The van der Waals surface area contributed by atoms with E-state index in [9.17, 15) is 9.59 Å². The molecule has 0 rings (SSSR count). The van der Waals surface area contributed by atoms with Crippen molar-refractivity contribution in [2.24, 2.45) is 5.92 Å². The van der Waals surface area contributed by atoms with E-state index in [0.717, 1.165) is 11.8 Å². The van der Waals surface area contributed by atoms with Gasteiger partial charge in [-0.3, -0.25) is 9.59 Å². The third-order valence-corrected chi connectivity index (χ3v) is 2.65. The normalized spacial score (nSPS) is 12.8. The molecular weight excluding hydrogens is 176 g/mol. The van der Waals surface area contributed by atoms with Crippen LogP contribution in [0.15, 0.2) is 0 Å². The van der Waals surface area contributed by atoms with E-state index in [-0.39, 0.29) is 22.3 Å². The number of methoxy groups -OCH3 is 1. The molecule has 0 aliphatic rings. The van der Waals surface area contributed by atoms with Gasteiger partial charge in [0.25, 0.3) is 0 Å². The highest BCUT2D eigenvalue weighted by Gasteiger charge is 2.24. The zero-order chi connectivity index (χ0) is 9.72. The lowest BCUT2D eigenvalue weighted by atomic mass is 10.1. The second kappa shape index (κ2) is 5.19. The highest BCUT2D eigenvalue weighted by Crippen LogP contribution is 2.21. The fraction of sp³-hybridized carbons (Fsp3) is 0.750. The van der Waals surface area contributed by atoms with Crippen molar-refractivity contribution >= 4 is 22.8 Å². The smallest absolute Gasteiger partial charge is 0.319 e. The van der Waals surface area contributed by atoms with Crippen molar-refractivity contribution in [3.63, 3.8) is 0 Å². The van der Waals surface area contributed by atoms with E-state index in [0.29, 0.717) is 0 Å². The monoisotopic (exact) mass is 190 g/mol. The highest BCUT2D eigenvalue weighted by atomic mass is 32.2. The number of carbonyl (C=O) groups excluding carboxylic acids is 2. The molecule has 1 atom stereocenters. The predicted octanol–water partition coefficient (Wildman–Crippen LogP) is 1.46. The van der Waals surface area contributed by atoms with Crippen molar-refractivity contribution in [1.82, 2.24) is 0 Å². The third-order valence-electron chi connectivity index (χ3n) is 1.33. The number of hydrogen-bond acceptors (Lipinski definition) is 4. The van der Waals surface area contributed by atoms with Crippen molar-refractivity contribution in [3.05, 3.63) is 0 Å². The van der Waals surface area contributed by atoms with Crippen LogP contribution in [-0.2, 0) is 14.3 Å². The van der Waals surface area contributed by atoms with Crippen molar-refractivity contribution in [2.75, 3.05) is 7.11 Å².